The molecule has 76 valence electrons. The molecule has 13 heavy (non-hydrogen) atoms. The minimum absolute atomic E-state index is 0.262. The van der Waals surface area contributed by atoms with Gasteiger partial charge >= 0.3 is 0 Å². The zero-order valence-corrected chi connectivity index (χ0v) is 9.05. The number of hydrogen-bond acceptors (Lipinski definition) is 2. The Bertz CT molecular complexity index is 171. The molecule has 0 aliphatic carbocycles. The number of aldehydes is 1. The molecule has 0 radical (unpaired) electrons. The lowest BCUT2D eigenvalue weighted by atomic mass is 10.0. The maximum Gasteiger partial charge on any atom is 0.123 e. The third-order valence-electron chi connectivity index (χ3n) is 2.91. The molecule has 0 N–H and O–H groups in total. The molecule has 1 aliphatic rings. The Kier molecular flexibility index (Phi) is 3.48. The molecule has 0 aromatic carbocycles. The fourth-order valence-electron chi connectivity index (χ4n) is 1.93. The lowest BCUT2D eigenvalue weighted by Crippen LogP contribution is -2.41. The number of hydrogen-bond donors (Lipinski definition) is 0. The number of likely N-dealkylation sites (tertiary alicyclic amines) is 1. The molecule has 1 atom stereocenters. The van der Waals surface area contributed by atoms with Crippen LogP contribution in [0.25, 0.3) is 0 Å². The highest BCUT2D eigenvalue weighted by Gasteiger charge is 2.24. The van der Waals surface area contributed by atoms with Crippen LogP contribution in [0.5, 0.6) is 0 Å². The van der Waals surface area contributed by atoms with Crippen molar-refractivity contribution in [1.82, 2.24) is 4.90 Å². The Morgan fingerprint density at radius 3 is 2.46 bits per heavy atom. The van der Waals surface area contributed by atoms with Crippen molar-refractivity contribution in [1.29, 1.82) is 0 Å². The normalized spacial score (nSPS) is 26.8. The summed E-state index contributed by atoms with van der Waals surface area (Å²) in [5.41, 5.74) is 0.262. The van der Waals surface area contributed by atoms with Crippen LogP contribution in [-0.2, 0) is 4.79 Å². The van der Waals surface area contributed by atoms with Crippen molar-refractivity contribution < 1.29 is 4.79 Å². The van der Waals surface area contributed by atoms with E-state index in [2.05, 4.69) is 25.7 Å². The van der Waals surface area contributed by atoms with E-state index in [0.29, 0.717) is 5.92 Å². The molecule has 0 aromatic heterocycles. The first kappa shape index (κ1) is 10.7. The van der Waals surface area contributed by atoms with Crippen molar-refractivity contribution in [3.05, 3.63) is 0 Å². The second-order valence-electron chi connectivity index (χ2n) is 4.98. The van der Waals surface area contributed by atoms with Crippen LogP contribution in [-0.4, -0.2) is 29.8 Å². The van der Waals surface area contributed by atoms with Crippen LogP contribution in [0.3, 0.4) is 0 Å². The van der Waals surface area contributed by atoms with Crippen LogP contribution in [0.15, 0.2) is 0 Å². The molecular formula is C11H21NO. The van der Waals surface area contributed by atoms with Crippen molar-refractivity contribution >= 4 is 6.29 Å². The summed E-state index contributed by atoms with van der Waals surface area (Å²) >= 11 is 0. The summed E-state index contributed by atoms with van der Waals surface area (Å²) in [5, 5.41) is 0. The third kappa shape index (κ3) is 3.11. The van der Waals surface area contributed by atoms with Gasteiger partial charge in [-0.2, -0.15) is 0 Å². The monoisotopic (exact) mass is 183 g/mol. The minimum Gasteiger partial charge on any atom is -0.303 e. The minimum atomic E-state index is 0.262. The summed E-state index contributed by atoms with van der Waals surface area (Å²) in [7, 11) is 0. The molecule has 1 fully saturated rings. The summed E-state index contributed by atoms with van der Waals surface area (Å²) in [4.78, 5) is 13.1. The van der Waals surface area contributed by atoms with E-state index >= 15 is 0 Å². The molecule has 0 saturated carbocycles. The molecule has 0 bridgehead atoms. The summed E-state index contributed by atoms with van der Waals surface area (Å²) in [6.45, 7) is 8.96. The smallest absolute Gasteiger partial charge is 0.123 e. The van der Waals surface area contributed by atoms with Crippen molar-refractivity contribution in [2.75, 3.05) is 13.1 Å². The average Bonchev–Trinajstić information content (AvgIpc) is 2.26. The predicted molar refractivity (Wildman–Crippen MR) is 54.7 cm³/mol. The second kappa shape index (κ2) is 4.23. The van der Waals surface area contributed by atoms with Gasteiger partial charge in [0.25, 0.3) is 0 Å². The topological polar surface area (TPSA) is 20.3 Å². The zero-order chi connectivity index (χ0) is 9.90. The molecule has 0 amide bonds. The van der Waals surface area contributed by atoms with Crippen molar-refractivity contribution in [3.63, 3.8) is 0 Å². The van der Waals surface area contributed by atoms with Gasteiger partial charge in [-0.25, -0.2) is 0 Å². The highest BCUT2D eigenvalue weighted by atomic mass is 16.1. The van der Waals surface area contributed by atoms with Gasteiger partial charge in [0.15, 0.2) is 0 Å². The van der Waals surface area contributed by atoms with Crippen molar-refractivity contribution in [2.24, 2.45) is 5.92 Å². The maximum atomic E-state index is 10.7. The summed E-state index contributed by atoms with van der Waals surface area (Å²) in [5.74, 6) is 0.312. The van der Waals surface area contributed by atoms with Gasteiger partial charge in [-0.1, -0.05) is 0 Å². The molecule has 2 nitrogen and oxygen atoms in total. The van der Waals surface area contributed by atoms with Crippen LogP contribution >= 0.6 is 0 Å². The van der Waals surface area contributed by atoms with Gasteiger partial charge in [0.2, 0.25) is 0 Å². The SMILES string of the molecule is CC(C)(C)N1CCCC(C=O)CC1. The average molecular weight is 183 g/mol. The van der Waals surface area contributed by atoms with Crippen LogP contribution in [0, 0.1) is 5.92 Å². The van der Waals surface area contributed by atoms with E-state index in [1.165, 1.54) is 6.42 Å². The molecule has 1 heterocycles. The number of rotatable bonds is 1. The van der Waals surface area contributed by atoms with Crippen LogP contribution in [0.4, 0.5) is 0 Å². The van der Waals surface area contributed by atoms with Gasteiger partial charge < -0.3 is 4.79 Å². The first-order valence-corrected chi connectivity index (χ1v) is 5.24. The Balaban J connectivity index is 2.49. The van der Waals surface area contributed by atoms with E-state index in [-0.39, 0.29) is 5.54 Å². The molecular weight excluding hydrogens is 162 g/mol. The molecule has 2 heteroatoms. The van der Waals surface area contributed by atoms with E-state index in [4.69, 9.17) is 0 Å². The molecule has 1 unspecified atom stereocenters. The Morgan fingerprint density at radius 1 is 1.23 bits per heavy atom. The van der Waals surface area contributed by atoms with E-state index in [0.717, 1.165) is 32.2 Å². The lowest BCUT2D eigenvalue weighted by molar-refractivity contribution is -0.111. The van der Waals surface area contributed by atoms with Crippen LogP contribution < -0.4 is 0 Å². The molecule has 0 aromatic rings. The van der Waals surface area contributed by atoms with Gasteiger partial charge in [0, 0.05) is 11.5 Å². The Morgan fingerprint density at radius 2 is 1.92 bits per heavy atom. The fourth-order valence-corrected chi connectivity index (χ4v) is 1.93. The fraction of sp³-hybridized carbons (Fsp3) is 0.909. The van der Waals surface area contributed by atoms with Gasteiger partial charge in [0.1, 0.15) is 6.29 Å². The lowest BCUT2D eigenvalue weighted by Gasteiger charge is -2.34. The maximum absolute atomic E-state index is 10.7. The molecule has 1 saturated heterocycles. The Labute approximate surface area is 81.3 Å². The van der Waals surface area contributed by atoms with E-state index < -0.39 is 0 Å². The first-order chi connectivity index (χ1) is 6.04. The summed E-state index contributed by atoms with van der Waals surface area (Å²) < 4.78 is 0. The highest BCUT2D eigenvalue weighted by molar-refractivity contribution is 5.53. The van der Waals surface area contributed by atoms with Crippen LogP contribution in [0.1, 0.15) is 40.0 Å². The van der Waals surface area contributed by atoms with Gasteiger partial charge in [-0.05, 0) is 53.1 Å². The highest BCUT2D eigenvalue weighted by Crippen LogP contribution is 2.21. The predicted octanol–water partition coefficient (Wildman–Crippen LogP) is 2.09. The standard InChI is InChI=1S/C11H21NO/c1-11(2,3)12-7-4-5-10(9-13)6-8-12/h9-10H,4-8H2,1-3H3. The third-order valence-corrected chi connectivity index (χ3v) is 2.91. The number of carbonyl (C=O) groups is 1. The van der Waals surface area contributed by atoms with E-state index in [1.54, 1.807) is 0 Å². The van der Waals surface area contributed by atoms with Crippen molar-refractivity contribution in [3.8, 4) is 0 Å². The molecule has 1 rings (SSSR count). The Hall–Kier alpha value is -0.370. The summed E-state index contributed by atoms with van der Waals surface area (Å²) in [6, 6.07) is 0. The second-order valence-corrected chi connectivity index (χ2v) is 4.98. The van der Waals surface area contributed by atoms with Crippen molar-refractivity contribution in [2.45, 2.75) is 45.6 Å². The van der Waals surface area contributed by atoms with Crippen LogP contribution in [0.2, 0.25) is 0 Å². The quantitative estimate of drug-likeness (QED) is 0.580. The molecule has 0 spiro atoms. The zero-order valence-electron chi connectivity index (χ0n) is 9.05. The van der Waals surface area contributed by atoms with E-state index in [1.807, 2.05) is 0 Å². The number of carbonyl (C=O) groups excluding carboxylic acids is 1. The summed E-state index contributed by atoms with van der Waals surface area (Å²) in [6.07, 6.45) is 4.42. The largest absolute Gasteiger partial charge is 0.303 e. The van der Waals surface area contributed by atoms with Gasteiger partial charge in [-0.15, -0.1) is 0 Å². The first-order valence-electron chi connectivity index (χ1n) is 5.24. The number of nitrogens with zero attached hydrogens (tertiary/aromatic N) is 1. The van der Waals surface area contributed by atoms with Gasteiger partial charge in [-0.3, -0.25) is 4.90 Å². The van der Waals surface area contributed by atoms with E-state index in [9.17, 15) is 4.79 Å². The molecule has 1 aliphatic heterocycles. The van der Waals surface area contributed by atoms with Gasteiger partial charge in [0.05, 0.1) is 0 Å².